The number of rotatable bonds is 5. The number of urea groups is 1. The van der Waals surface area contributed by atoms with Crippen LogP contribution in [0, 0.1) is 0 Å². The molecule has 2 aromatic rings. The van der Waals surface area contributed by atoms with E-state index in [0.717, 1.165) is 10.8 Å². The average molecular weight is 300 g/mol. The lowest BCUT2D eigenvalue weighted by molar-refractivity contribution is 0.0692. The molecular weight excluding hydrogens is 284 g/mol. The van der Waals surface area contributed by atoms with E-state index < -0.39 is 5.97 Å². The van der Waals surface area contributed by atoms with Crippen molar-refractivity contribution in [3.63, 3.8) is 0 Å². The second-order valence-electron chi connectivity index (χ2n) is 5.07. The minimum absolute atomic E-state index is 0.111. The van der Waals surface area contributed by atoms with Crippen LogP contribution in [0.5, 0.6) is 5.75 Å². The number of fused-ring (bicyclic) bond motifs is 1. The van der Waals surface area contributed by atoms with Gasteiger partial charge in [-0.05, 0) is 22.9 Å². The standard InChI is InChI=1S/C16H16N2O4/c19-15(20)13-9-11-3-1-2-4-12(11)10-14(13)22-8-7-18-6-5-17-16(18)21/h1-4,9-10H,5-8H2,(H,17,21)(H,19,20). The van der Waals surface area contributed by atoms with Crippen molar-refractivity contribution < 1.29 is 19.4 Å². The van der Waals surface area contributed by atoms with Crippen LogP contribution in [0.3, 0.4) is 0 Å². The molecule has 2 aromatic carbocycles. The first-order chi connectivity index (χ1) is 10.6. The fraction of sp³-hybridized carbons (Fsp3) is 0.250. The molecule has 1 heterocycles. The zero-order valence-electron chi connectivity index (χ0n) is 11.9. The van der Waals surface area contributed by atoms with Gasteiger partial charge in [-0.3, -0.25) is 0 Å². The van der Waals surface area contributed by atoms with Crippen LogP contribution in [-0.4, -0.2) is 48.2 Å². The number of aromatic carboxylic acids is 1. The Balaban J connectivity index is 1.78. The molecule has 2 N–H and O–H groups in total. The van der Waals surface area contributed by atoms with Crippen LogP contribution in [0.1, 0.15) is 10.4 Å². The van der Waals surface area contributed by atoms with E-state index >= 15 is 0 Å². The number of nitrogens with zero attached hydrogens (tertiary/aromatic N) is 1. The highest BCUT2D eigenvalue weighted by atomic mass is 16.5. The third kappa shape index (κ3) is 2.81. The number of amides is 2. The van der Waals surface area contributed by atoms with Gasteiger partial charge < -0.3 is 20.1 Å². The summed E-state index contributed by atoms with van der Waals surface area (Å²) in [6.07, 6.45) is 0. The molecule has 0 spiro atoms. The number of ether oxygens (including phenoxy) is 1. The number of nitrogens with one attached hydrogen (secondary N) is 1. The third-order valence-corrected chi connectivity index (χ3v) is 3.64. The summed E-state index contributed by atoms with van der Waals surface area (Å²) in [6, 6.07) is 10.7. The van der Waals surface area contributed by atoms with Gasteiger partial charge in [0.05, 0.1) is 6.54 Å². The minimum atomic E-state index is -1.03. The van der Waals surface area contributed by atoms with E-state index in [2.05, 4.69) is 5.32 Å². The predicted octanol–water partition coefficient (Wildman–Crippen LogP) is 1.94. The smallest absolute Gasteiger partial charge is 0.339 e. The van der Waals surface area contributed by atoms with Crippen LogP contribution in [0.15, 0.2) is 36.4 Å². The van der Waals surface area contributed by atoms with E-state index in [1.807, 2.05) is 24.3 Å². The summed E-state index contributed by atoms with van der Waals surface area (Å²) in [7, 11) is 0. The fourth-order valence-corrected chi connectivity index (χ4v) is 2.50. The average Bonchev–Trinajstić information content (AvgIpc) is 2.92. The molecule has 2 amide bonds. The zero-order valence-corrected chi connectivity index (χ0v) is 11.9. The van der Waals surface area contributed by atoms with Crippen LogP contribution in [0.25, 0.3) is 10.8 Å². The Kier molecular flexibility index (Phi) is 3.82. The fourth-order valence-electron chi connectivity index (χ4n) is 2.50. The summed E-state index contributed by atoms with van der Waals surface area (Å²) in [5, 5.41) is 13.8. The molecule has 0 atom stereocenters. The monoisotopic (exact) mass is 300 g/mol. The van der Waals surface area contributed by atoms with Crippen molar-refractivity contribution in [2.75, 3.05) is 26.2 Å². The molecule has 0 radical (unpaired) electrons. The Morgan fingerprint density at radius 2 is 2.00 bits per heavy atom. The highest BCUT2D eigenvalue weighted by Crippen LogP contribution is 2.26. The lowest BCUT2D eigenvalue weighted by atomic mass is 10.1. The maximum absolute atomic E-state index is 11.4. The molecule has 1 aliphatic rings. The lowest BCUT2D eigenvalue weighted by Gasteiger charge is -2.16. The maximum atomic E-state index is 11.4. The molecule has 1 saturated heterocycles. The van der Waals surface area contributed by atoms with Gasteiger partial charge in [0.1, 0.15) is 17.9 Å². The molecule has 1 fully saturated rings. The molecular formula is C16H16N2O4. The van der Waals surface area contributed by atoms with Crippen LogP contribution in [0.4, 0.5) is 4.79 Å². The Morgan fingerprint density at radius 1 is 1.27 bits per heavy atom. The summed E-state index contributed by atoms with van der Waals surface area (Å²) in [4.78, 5) is 24.5. The summed E-state index contributed by atoms with van der Waals surface area (Å²) in [5.41, 5.74) is 0.129. The molecule has 0 aromatic heterocycles. The van der Waals surface area contributed by atoms with Crippen molar-refractivity contribution in [2.45, 2.75) is 0 Å². The maximum Gasteiger partial charge on any atom is 0.339 e. The minimum Gasteiger partial charge on any atom is -0.491 e. The number of carbonyl (C=O) groups is 2. The van der Waals surface area contributed by atoms with E-state index in [9.17, 15) is 14.7 Å². The van der Waals surface area contributed by atoms with Crippen molar-refractivity contribution in [3.05, 3.63) is 42.0 Å². The molecule has 0 aliphatic carbocycles. The van der Waals surface area contributed by atoms with E-state index in [4.69, 9.17) is 4.74 Å². The second-order valence-corrected chi connectivity index (χ2v) is 5.07. The molecule has 3 rings (SSSR count). The largest absolute Gasteiger partial charge is 0.491 e. The van der Waals surface area contributed by atoms with Gasteiger partial charge in [0.2, 0.25) is 0 Å². The number of carbonyl (C=O) groups excluding carboxylic acids is 1. The zero-order chi connectivity index (χ0) is 15.5. The Labute approximate surface area is 127 Å². The normalized spacial score (nSPS) is 14.2. The van der Waals surface area contributed by atoms with Crippen molar-refractivity contribution >= 4 is 22.8 Å². The molecule has 0 unspecified atom stereocenters. The first-order valence-corrected chi connectivity index (χ1v) is 7.07. The van der Waals surface area contributed by atoms with Gasteiger partial charge in [0, 0.05) is 13.1 Å². The molecule has 6 heteroatoms. The van der Waals surface area contributed by atoms with E-state index in [1.165, 1.54) is 0 Å². The Hall–Kier alpha value is -2.76. The van der Waals surface area contributed by atoms with Gasteiger partial charge in [-0.1, -0.05) is 24.3 Å². The third-order valence-electron chi connectivity index (χ3n) is 3.64. The van der Waals surface area contributed by atoms with Gasteiger partial charge in [0.25, 0.3) is 0 Å². The number of hydrogen-bond donors (Lipinski definition) is 2. The van der Waals surface area contributed by atoms with Crippen molar-refractivity contribution in [3.8, 4) is 5.75 Å². The van der Waals surface area contributed by atoms with Crippen molar-refractivity contribution in [2.24, 2.45) is 0 Å². The summed E-state index contributed by atoms with van der Waals surface area (Å²) in [5.74, 6) is -0.703. The quantitative estimate of drug-likeness (QED) is 0.884. The van der Waals surface area contributed by atoms with E-state index in [0.29, 0.717) is 25.4 Å². The summed E-state index contributed by atoms with van der Waals surface area (Å²) in [6.45, 7) is 1.96. The molecule has 0 bridgehead atoms. The Bertz CT molecular complexity index is 729. The molecule has 22 heavy (non-hydrogen) atoms. The van der Waals surface area contributed by atoms with Gasteiger partial charge in [-0.15, -0.1) is 0 Å². The number of carboxylic acid groups (broad SMARTS) is 1. The van der Waals surface area contributed by atoms with Gasteiger partial charge in [-0.25, -0.2) is 9.59 Å². The van der Waals surface area contributed by atoms with E-state index in [-0.39, 0.29) is 18.2 Å². The van der Waals surface area contributed by atoms with Crippen molar-refractivity contribution in [1.82, 2.24) is 10.2 Å². The molecule has 0 saturated carbocycles. The number of hydrogen-bond acceptors (Lipinski definition) is 3. The van der Waals surface area contributed by atoms with Crippen molar-refractivity contribution in [1.29, 1.82) is 0 Å². The number of benzene rings is 2. The second kappa shape index (κ2) is 5.93. The first-order valence-electron chi connectivity index (χ1n) is 7.07. The van der Waals surface area contributed by atoms with Gasteiger partial charge in [0.15, 0.2) is 0 Å². The predicted molar refractivity (Wildman–Crippen MR) is 81.4 cm³/mol. The summed E-state index contributed by atoms with van der Waals surface area (Å²) < 4.78 is 5.61. The highest BCUT2D eigenvalue weighted by Gasteiger charge is 2.19. The lowest BCUT2D eigenvalue weighted by Crippen LogP contribution is -2.32. The van der Waals surface area contributed by atoms with E-state index in [1.54, 1.807) is 17.0 Å². The topological polar surface area (TPSA) is 78.9 Å². The highest BCUT2D eigenvalue weighted by molar-refractivity contribution is 5.97. The molecule has 1 aliphatic heterocycles. The van der Waals surface area contributed by atoms with Gasteiger partial charge in [-0.2, -0.15) is 0 Å². The Morgan fingerprint density at radius 3 is 2.64 bits per heavy atom. The van der Waals surface area contributed by atoms with Gasteiger partial charge >= 0.3 is 12.0 Å². The van der Waals surface area contributed by atoms with Crippen LogP contribution in [0.2, 0.25) is 0 Å². The first kappa shape index (κ1) is 14.2. The SMILES string of the molecule is O=C(O)c1cc2ccccc2cc1OCCN1CCNC1=O. The van der Waals surface area contributed by atoms with Crippen LogP contribution >= 0.6 is 0 Å². The number of carboxylic acids is 1. The van der Waals surface area contributed by atoms with Crippen LogP contribution < -0.4 is 10.1 Å². The molecule has 6 nitrogen and oxygen atoms in total. The summed E-state index contributed by atoms with van der Waals surface area (Å²) >= 11 is 0. The molecule has 114 valence electrons. The van der Waals surface area contributed by atoms with Crippen LogP contribution in [-0.2, 0) is 0 Å².